The van der Waals surface area contributed by atoms with Crippen molar-refractivity contribution in [1.29, 1.82) is 0 Å². The van der Waals surface area contributed by atoms with E-state index in [1.54, 1.807) is 6.20 Å². The SMILES string of the molecule is O=C(NCCc1cccnc1)[C@@H]1C[C@H]2CC[C@H]1C2. The van der Waals surface area contributed by atoms with Gasteiger partial charge in [-0.1, -0.05) is 12.5 Å². The van der Waals surface area contributed by atoms with Crippen molar-refractivity contribution in [2.45, 2.75) is 32.1 Å². The summed E-state index contributed by atoms with van der Waals surface area (Å²) in [6.45, 7) is 0.735. The zero-order valence-corrected chi connectivity index (χ0v) is 10.6. The fraction of sp³-hybridized carbons (Fsp3) is 0.600. The number of aromatic nitrogens is 1. The summed E-state index contributed by atoms with van der Waals surface area (Å²) >= 11 is 0. The first-order valence-electron chi connectivity index (χ1n) is 6.99. The molecular formula is C15H20N2O. The second kappa shape index (κ2) is 5.09. The predicted molar refractivity (Wildman–Crippen MR) is 69.9 cm³/mol. The van der Waals surface area contributed by atoms with E-state index in [1.165, 1.54) is 24.8 Å². The number of hydrogen-bond donors (Lipinski definition) is 1. The Morgan fingerprint density at radius 2 is 2.33 bits per heavy atom. The lowest BCUT2D eigenvalue weighted by Crippen LogP contribution is -2.34. The van der Waals surface area contributed by atoms with Crippen LogP contribution in [0, 0.1) is 17.8 Å². The zero-order chi connectivity index (χ0) is 12.4. The zero-order valence-electron chi connectivity index (χ0n) is 10.6. The quantitative estimate of drug-likeness (QED) is 0.882. The number of rotatable bonds is 4. The minimum atomic E-state index is 0.283. The molecule has 18 heavy (non-hydrogen) atoms. The van der Waals surface area contributed by atoms with Gasteiger partial charge in [0.2, 0.25) is 5.91 Å². The summed E-state index contributed by atoms with van der Waals surface area (Å²) in [5, 5.41) is 3.09. The van der Waals surface area contributed by atoms with E-state index in [-0.39, 0.29) is 5.91 Å². The van der Waals surface area contributed by atoms with Gasteiger partial charge in [0, 0.05) is 24.9 Å². The number of pyridine rings is 1. The molecule has 0 aliphatic heterocycles. The van der Waals surface area contributed by atoms with Crippen molar-refractivity contribution in [3.63, 3.8) is 0 Å². The summed E-state index contributed by atoms with van der Waals surface area (Å²) in [7, 11) is 0. The van der Waals surface area contributed by atoms with Crippen molar-refractivity contribution < 1.29 is 4.79 Å². The Morgan fingerprint density at radius 1 is 1.39 bits per heavy atom. The van der Waals surface area contributed by atoms with E-state index in [4.69, 9.17) is 0 Å². The van der Waals surface area contributed by atoms with Gasteiger partial charge in [0.25, 0.3) is 0 Å². The second-order valence-electron chi connectivity index (χ2n) is 5.68. The fourth-order valence-electron chi connectivity index (χ4n) is 3.57. The predicted octanol–water partition coefficient (Wildman–Crippen LogP) is 2.18. The molecule has 0 radical (unpaired) electrons. The molecule has 2 saturated carbocycles. The van der Waals surface area contributed by atoms with Crippen LogP contribution < -0.4 is 5.32 Å². The van der Waals surface area contributed by atoms with Gasteiger partial charge in [-0.25, -0.2) is 0 Å². The van der Waals surface area contributed by atoms with E-state index < -0.39 is 0 Å². The third-order valence-corrected chi connectivity index (χ3v) is 4.51. The molecule has 3 nitrogen and oxygen atoms in total. The molecule has 1 amide bonds. The first kappa shape index (κ1) is 11.7. The van der Waals surface area contributed by atoms with Gasteiger partial charge in [-0.2, -0.15) is 0 Å². The largest absolute Gasteiger partial charge is 0.356 e. The standard InChI is InChI=1S/C15H20N2O/c18-15(14-9-12-3-4-13(14)8-12)17-7-5-11-2-1-6-16-10-11/h1-2,6,10,12-14H,3-5,7-9H2,(H,17,18)/t12-,13-,14+/m0/s1. The monoisotopic (exact) mass is 244 g/mol. The van der Waals surface area contributed by atoms with Crippen molar-refractivity contribution in [3.05, 3.63) is 30.1 Å². The molecule has 0 unspecified atom stereocenters. The summed E-state index contributed by atoms with van der Waals surface area (Å²) in [4.78, 5) is 16.2. The highest BCUT2D eigenvalue weighted by Crippen LogP contribution is 2.48. The molecule has 2 aliphatic rings. The Hall–Kier alpha value is -1.38. The Kier molecular flexibility index (Phi) is 3.31. The van der Waals surface area contributed by atoms with Crippen LogP contribution in [0.15, 0.2) is 24.5 Å². The molecule has 2 bridgehead atoms. The summed E-state index contributed by atoms with van der Waals surface area (Å²) in [5.41, 5.74) is 1.19. The smallest absolute Gasteiger partial charge is 0.223 e. The molecule has 2 fully saturated rings. The minimum absolute atomic E-state index is 0.283. The van der Waals surface area contributed by atoms with Gasteiger partial charge < -0.3 is 5.32 Å². The van der Waals surface area contributed by atoms with Crippen LogP contribution in [0.25, 0.3) is 0 Å². The topological polar surface area (TPSA) is 42.0 Å². The van der Waals surface area contributed by atoms with Gasteiger partial charge >= 0.3 is 0 Å². The van der Waals surface area contributed by atoms with Crippen LogP contribution >= 0.6 is 0 Å². The third-order valence-electron chi connectivity index (χ3n) is 4.51. The maximum Gasteiger partial charge on any atom is 0.223 e. The van der Waals surface area contributed by atoms with Crippen LogP contribution in [0.4, 0.5) is 0 Å². The van der Waals surface area contributed by atoms with Crippen LogP contribution in [-0.4, -0.2) is 17.4 Å². The molecule has 1 N–H and O–H groups in total. The van der Waals surface area contributed by atoms with Crippen molar-refractivity contribution in [2.75, 3.05) is 6.54 Å². The lowest BCUT2D eigenvalue weighted by molar-refractivity contribution is -0.126. The van der Waals surface area contributed by atoms with Crippen LogP contribution in [0.1, 0.15) is 31.2 Å². The van der Waals surface area contributed by atoms with Crippen LogP contribution in [-0.2, 0) is 11.2 Å². The number of carbonyl (C=O) groups excluding carboxylic acids is 1. The highest BCUT2D eigenvalue weighted by molar-refractivity contribution is 5.79. The first-order chi connectivity index (χ1) is 8.83. The van der Waals surface area contributed by atoms with Crippen LogP contribution in [0.5, 0.6) is 0 Å². The average Bonchev–Trinajstić information content (AvgIpc) is 3.02. The summed E-state index contributed by atoms with van der Waals surface area (Å²) in [5.74, 6) is 2.10. The Bertz CT molecular complexity index is 418. The average molecular weight is 244 g/mol. The number of amides is 1. The Morgan fingerprint density at radius 3 is 3.00 bits per heavy atom. The van der Waals surface area contributed by atoms with Gasteiger partial charge in [0.15, 0.2) is 0 Å². The second-order valence-corrected chi connectivity index (χ2v) is 5.68. The fourth-order valence-corrected chi connectivity index (χ4v) is 3.57. The highest BCUT2D eigenvalue weighted by atomic mass is 16.1. The van der Waals surface area contributed by atoms with Crippen LogP contribution in [0.3, 0.4) is 0 Å². The van der Waals surface area contributed by atoms with E-state index in [0.29, 0.717) is 11.8 Å². The van der Waals surface area contributed by atoms with Gasteiger partial charge in [0.1, 0.15) is 0 Å². The summed E-state index contributed by atoms with van der Waals surface area (Å²) in [6, 6.07) is 3.99. The molecule has 2 aliphatic carbocycles. The molecule has 3 rings (SSSR count). The molecule has 0 spiro atoms. The molecule has 1 aromatic rings. The van der Waals surface area contributed by atoms with Gasteiger partial charge in [-0.3, -0.25) is 9.78 Å². The molecule has 1 heterocycles. The van der Waals surface area contributed by atoms with E-state index in [9.17, 15) is 4.79 Å². The Balaban J connectivity index is 1.45. The van der Waals surface area contributed by atoms with Crippen molar-refractivity contribution >= 4 is 5.91 Å². The number of nitrogens with zero attached hydrogens (tertiary/aromatic N) is 1. The van der Waals surface area contributed by atoms with Crippen LogP contribution in [0.2, 0.25) is 0 Å². The molecule has 1 aromatic heterocycles. The minimum Gasteiger partial charge on any atom is -0.356 e. The van der Waals surface area contributed by atoms with E-state index in [2.05, 4.69) is 16.4 Å². The lowest BCUT2D eigenvalue weighted by atomic mass is 9.88. The highest BCUT2D eigenvalue weighted by Gasteiger charge is 2.42. The number of hydrogen-bond acceptors (Lipinski definition) is 2. The van der Waals surface area contributed by atoms with Gasteiger partial charge in [-0.05, 0) is 49.1 Å². The van der Waals surface area contributed by atoms with Crippen molar-refractivity contribution in [1.82, 2.24) is 10.3 Å². The van der Waals surface area contributed by atoms with Crippen molar-refractivity contribution in [3.8, 4) is 0 Å². The normalized spacial score (nSPS) is 29.4. The summed E-state index contributed by atoms with van der Waals surface area (Å²) < 4.78 is 0. The Labute approximate surface area is 108 Å². The maximum absolute atomic E-state index is 12.1. The van der Waals surface area contributed by atoms with Gasteiger partial charge in [-0.15, -0.1) is 0 Å². The molecular weight excluding hydrogens is 224 g/mol. The lowest BCUT2D eigenvalue weighted by Gasteiger charge is -2.20. The van der Waals surface area contributed by atoms with E-state index in [0.717, 1.165) is 25.3 Å². The number of carbonyl (C=O) groups is 1. The van der Waals surface area contributed by atoms with Crippen molar-refractivity contribution in [2.24, 2.45) is 17.8 Å². The molecule has 3 heteroatoms. The molecule has 3 atom stereocenters. The molecule has 0 aromatic carbocycles. The number of nitrogens with one attached hydrogen (secondary N) is 1. The van der Waals surface area contributed by atoms with Gasteiger partial charge in [0.05, 0.1) is 0 Å². The molecule has 0 saturated heterocycles. The molecule has 96 valence electrons. The first-order valence-corrected chi connectivity index (χ1v) is 6.99. The van der Waals surface area contributed by atoms with E-state index in [1.807, 2.05) is 12.3 Å². The third kappa shape index (κ3) is 2.40. The van der Waals surface area contributed by atoms with E-state index >= 15 is 0 Å². The maximum atomic E-state index is 12.1. The summed E-state index contributed by atoms with van der Waals surface area (Å²) in [6.07, 6.45) is 9.56. The number of fused-ring (bicyclic) bond motifs is 2.